The van der Waals surface area contributed by atoms with Gasteiger partial charge in [-0.2, -0.15) is 0 Å². The maximum atomic E-state index is 11.1. The first-order valence-electron chi connectivity index (χ1n) is 6.34. The van der Waals surface area contributed by atoms with Gasteiger partial charge >= 0.3 is 0 Å². The minimum Gasteiger partial charge on any atom is -0.379 e. The molecule has 0 amide bonds. The summed E-state index contributed by atoms with van der Waals surface area (Å²) in [5, 5.41) is 15.1. The van der Waals surface area contributed by atoms with Crippen LogP contribution in [0.2, 0.25) is 0 Å². The summed E-state index contributed by atoms with van der Waals surface area (Å²) in [5.74, 6) is 2.58. The Morgan fingerprint density at radius 2 is 2.30 bits per heavy atom. The van der Waals surface area contributed by atoms with E-state index in [-0.39, 0.29) is 10.6 Å². The van der Waals surface area contributed by atoms with Crippen LogP contribution < -0.4 is 5.32 Å². The third-order valence-electron chi connectivity index (χ3n) is 2.87. The molecule has 2 aromatic rings. The van der Waals surface area contributed by atoms with Crippen molar-refractivity contribution >= 4 is 32.9 Å². The summed E-state index contributed by atoms with van der Waals surface area (Å²) < 4.78 is 0.840. The molecule has 6 heteroatoms. The number of terminal acetylenes is 1. The molecule has 0 unspecified atom stereocenters. The van der Waals surface area contributed by atoms with E-state index in [1.165, 1.54) is 11.3 Å². The van der Waals surface area contributed by atoms with Crippen molar-refractivity contribution in [3.05, 3.63) is 27.3 Å². The minimum absolute atomic E-state index is 0.0955. The standard InChI is InChI=1S/C14H15N3O2S/c1-3-4-5-6-7-15-11-8-12-14(20-10(2)16-12)9-13(11)17(18)19/h1,8-9,15H,4-7H2,2H3. The molecule has 2 rings (SSSR count). The second-order valence-electron chi connectivity index (χ2n) is 4.42. The Kier molecular flexibility index (Phi) is 4.53. The number of unbranched alkanes of at least 4 members (excludes halogenated alkanes) is 2. The molecule has 1 N–H and O–H groups in total. The molecular formula is C14H15N3O2S. The van der Waals surface area contributed by atoms with E-state index in [0.717, 1.165) is 34.5 Å². The average Bonchev–Trinajstić information content (AvgIpc) is 2.76. The van der Waals surface area contributed by atoms with Gasteiger partial charge in [-0.15, -0.1) is 23.7 Å². The van der Waals surface area contributed by atoms with Crippen LogP contribution in [0.3, 0.4) is 0 Å². The van der Waals surface area contributed by atoms with E-state index in [1.807, 2.05) is 6.92 Å². The lowest BCUT2D eigenvalue weighted by Crippen LogP contribution is -2.04. The largest absolute Gasteiger partial charge is 0.379 e. The lowest BCUT2D eigenvalue weighted by Gasteiger charge is -2.06. The van der Waals surface area contributed by atoms with Gasteiger partial charge in [-0.3, -0.25) is 10.1 Å². The lowest BCUT2D eigenvalue weighted by molar-refractivity contribution is -0.383. The Morgan fingerprint density at radius 1 is 1.50 bits per heavy atom. The van der Waals surface area contributed by atoms with Gasteiger partial charge in [0, 0.05) is 19.0 Å². The van der Waals surface area contributed by atoms with Crippen molar-refractivity contribution in [3.63, 3.8) is 0 Å². The molecule has 0 spiro atoms. The number of nitro groups is 1. The number of hydrogen-bond acceptors (Lipinski definition) is 5. The van der Waals surface area contributed by atoms with E-state index < -0.39 is 0 Å². The van der Waals surface area contributed by atoms with Gasteiger partial charge in [0.25, 0.3) is 5.69 Å². The molecule has 0 aliphatic rings. The van der Waals surface area contributed by atoms with Crippen LogP contribution in [0.5, 0.6) is 0 Å². The van der Waals surface area contributed by atoms with E-state index in [1.54, 1.807) is 12.1 Å². The number of anilines is 1. The highest BCUT2D eigenvalue weighted by Crippen LogP contribution is 2.32. The number of rotatable bonds is 6. The first-order valence-corrected chi connectivity index (χ1v) is 7.16. The van der Waals surface area contributed by atoms with Crippen LogP contribution in [0.1, 0.15) is 24.3 Å². The highest BCUT2D eigenvalue weighted by atomic mass is 32.1. The number of nitrogens with one attached hydrogen (secondary N) is 1. The number of nitro benzene ring substituents is 1. The van der Waals surface area contributed by atoms with E-state index in [9.17, 15) is 10.1 Å². The number of thiazole rings is 1. The van der Waals surface area contributed by atoms with Crippen LogP contribution in [0, 0.1) is 29.4 Å². The van der Waals surface area contributed by atoms with E-state index in [0.29, 0.717) is 12.2 Å². The zero-order valence-electron chi connectivity index (χ0n) is 11.2. The van der Waals surface area contributed by atoms with E-state index in [4.69, 9.17) is 6.42 Å². The Bertz CT molecular complexity index is 673. The fourth-order valence-electron chi connectivity index (χ4n) is 1.95. The first-order chi connectivity index (χ1) is 9.61. The highest BCUT2D eigenvalue weighted by Gasteiger charge is 2.16. The SMILES string of the molecule is C#CCCCCNc1cc2nc(C)sc2cc1[N+](=O)[O-]. The lowest BCUT2D eigenvalue weighted by atomic mass is 10.2. The molecular weight excluding hydrogens is 274 g/mol. The maximum Gasteiger partial charge on any atom is 0.293 e. The van der Waals surface area contributed by atoms with Gasteiger partial charge in [0.2, 0.25) is 0 Å². The summed E-state index contributed by atoms with van der Waals surface area (Å²) in [7, 11) is 0. The molecule has 0 radical (unpaired) electrons. The zero-order chi connectivity index (χ0) is 14.5. The summed E-state index contributed by atoms with van der Waals surface area (Å²) in [5.41, 5.74) is 1.41. The summed E-state index contributed by atoms with van der Waals surface area (Å²) in [4.78, 5) is 15.1. The minimum atomic E-state index is -0.363. The Morgan fingerprint density at radius 3 is 3.00 bits per heavy atom. The maximum absolute atomic E-state index is 11.1. The predicted octanol–water partition coefficient (Wildman–Crippen LogP) is 3.73. The Labute approximate surface area is 121 Å². The van der Waals surface area contributed by atoms with Gasteiger partial charge in [-0.25, -0.2) is 4.98 Å². The smallest absolute Gasteiger partial charge is 0.293 e. The van der Waals surface area contributed by atoms with Crippen molar-refractivity contribution in [2.45, 2.75) is 26.2 Å². The summed E-state index contributed by atoms with van der Waals surface area (Å²) >= 11 is 1.46. The van der Waals surface area contributed by atoms with Crippen molar-refractivity contribution < 1.29 is 4.92 Å². The van der Waals surface area contributed by atoms with Crippen molar-refractivity contribution in [2.24, 2.45) is 0 Å². The molecule has 20 heavy (non-hydrogen) atoms. The molecule has 0 atom stereocenters. The molecule has 0 fully saturated rings. The molecule has 0 bridgehead atoms. The molecule has 104 valence electrons. The van der Waals surface area contributed by atoms with Crippen LogP contribution in [0.4, 0.5) is 11.4 Å². The Balaban J connectivity index is 2.19. The van der Waals surface area contributed by atoms with Gasteiger partial charge in [0.05, 0.1) is 20.1 Å². The number of fused-ring (bicyclic) bond motifs is 1. The number of aromatic nitrogens is 1. The second kappa shape index (κ2) is 6.35. The molecule has 0 saturated carbocycles. The van der Waals surface area contributed by atoms with Crippen LogP contribution in [0.15, 0.2) is 12.1 Å². The van der Waals surface area contributed by atoms with Gasteiger partial charge < -0.3 is 5.32 Å². The Hall–Kier alpha value is -2.13. The predicted molar refractivity (Wildman–Crippen MR) is 82.2 cm³/mol. The van der Waals surface area contributed by atoms with Crippen LogP contribution in [-0.2, 0) is 0 Å². The zero-order valence-corrected chi connectivity index (χ0v) is 12.0. The fourth-order valence-corrected chi connectivity index (χ4v) is 2.79. The van der Waals surface area contributed by atoms with Gasteiger partial charge in [0.1, 0.15) is 5.69 Å². The van der Waals surface area contributed by atoms with Gasteiger partial charge in [-0.05, 0) is 25.8 Å². The van der Waals surface area contributed by atoms with Crippen molar-refractivity contribution in [1.82, 2.24) is 4.98 Å². The van der Waals surface area contributed by atoms with Crippen LogP contribution in [-0.4, -0.2) is 16.5 Å². The molecule has 1 heterocycles. The number of nitrogens with zero attached hydrogens (tertiary/aromatic N) is 2. The molecule has 1 aromatic heterocycles. The fraction of sp³-hybridized carbons (Fsp3) is 0.357. The quantitative estimate of drug-likeness (QED) is 0.381. The molecule has 0 aliphatic carbocycles. The highest BCUT2D eigenvalue weighted by molar-refractivity contribution is 7.18. The number of benzene rings is 1. The molecule has 0 saturated heterocycles. The average molecular weight is 289 g/mol. The number of aryl methyl sites for hydroxylation is 1. The monoisotopic (exact) mass is 289 g/mol. The molecule has 0 aliphatic heterocycles. The third kappa shape index (κ3) is 3.25. The van der Waals surface area contributed by atoms with Crippen molar-refractivity contribution in [2.75, 3.05) is 11.9 Å². The molecule has 5 nitrogen and oxygen atoms in total. The normalized spacial score (nSPS) is 10.4. The van der Waals surface area contributed by atoms with E-state index >= 15 is 0 Å². The second-order valence-corrected chi connectivity index (χ2v) is 5.65. The first kappa shape index (κ1) is 14.3. The van der Waals surface area contributed by atoms with Crippen molar-refractivity contribution in [3.8, 4) is 12.3 Å². The van der Waals surface area contributed by atoms with Crippen LogP contribution >= 0.6 is 11.3 Å². The molecule has 1 aromatic carbocycles. The van der Waals surface area contributed by atoms with Crippen LogP contribution in [0.25, 0.3) is 10.2 Å². The van der Waals surface area contributed by atoms with Gasteiger partial charge in [0.15, 0.2) is 0 Å². The summed E-state index contributed by atoms with van der Waals surface area (Å²) in [6, 6.07) is 3.34. The summed E-state index contributed by atoms with van der Waals surface area (Å²) in [6.07, 6.45) is 7.71. The topological polar surface area (TPSA) is 68.1 Å². The van der Waals surface area contributed by atoms with Crippen molar-refractivity contribution in [1.29, 1.82) is 0 Å². The summed E-state index contributed by atoms with van der Waals surface area (Å²) in [6.45, 7) is 2.56. The third-order valence-corrected chi connectivity index (χ3v) is 3.81. The van der Waals surface area contributed by atoms with Gasteiger partial charge in [-0.1, -0.05) is 0 Å². The van der Waals surface area contributed by atoms with E-state index in [2.05, 4.69) is 16.2 Å². The number of hydrogen-bond donors (Lipinski definition) is 1.